The van der Waals surface area contributed by atoms with Gasteiger partial charge >= 0.3 is 0 Å². The van der Waals surface area contributed by atoms with E-state index in [-0.39, 0.29) is 0 Å². The Balaban J connectivity index is 2.56. The molecule has 0 aromatic carbocycles. The van der Waals surface area contributed by atoms with E-state index in [4.69, 9.17) is 5.73 Å². The normalized spacial score (nSPS) is 31.0. The summed E-state index contributed by atoms with van der Waals surface area (Å²) in [5.41, 5.74) is 6.34. The van der Waals surface area contributed by atoms with Gasteiger partial charge in [0.15, 0.2) is 0 Å². The summed E-state index contributed by atoms with van der Waals surface area (Å²) in [6.45, 7) is 12.4. The van der Waals surface area contributed by atoms with E-state index in [1.54, 1.807) is 0 Å². The van der Waals surface area contributed by atoms with Gasteiger partial charge in [-0.25, -0.2) is 0 Å². The highest BCUT2D eigenvalue weighted by Crippen LogP contribution is 2.45. The van der Waals surface area contributed by atoms with E-state index in [1.165, 1.54) is 25.8 Å². The Labute approximate surface area is 95.2 Å². The molecule has 15 heavy (non-hydrogen) atoms. The molecule has 1 fully saturated rings. The first kappa shape index (κ1) is 13.0. The van der Waals surface area contributed by atoms with Crippen LogP contribution in [0.5, 0.6) is 0 Å². The van der Waals surface area contributed by atoms with Crippen molar-refractivity contribution in [1.29, 1.82) is 0 Å². The maximum absolute atomic E-state index is 6.00. The molecule has 0 aliphatic heterocycles. The van der Waals surface area contributed by atoms with Crippen LogP contribution in [0, 0.1) is 11.8 Å². The van der Waals surface area contributed by atoms with Gasteiger partial charge in [0.2, 0.25) is 0 Å². The van der Waals surface area contributed by atoms with Crippen LogP contribution in [0.4, 0.5) is 0 Å². The van der Waals surface area contributed by atoms with Gasteiger partial charge in [-0.3, -0.25) is 4.90 Å². The molecule has 0 aromatic rings. The lowest BCUT2D eigenvalue weighted by Gasteiger charge is -2.55. The van der Waals surface area contributed by atoms with E-state index in [0.29, 0.717) is 5.54 Å². The molecule has 2 nitrogen and oxygen atoms in total. The van der Waals surface area contributed by atoms with Gasteiger partial charge < -0.3 is 5.73 Å². The van der Waals surface area contributed by atoms with Crippen molar-refractivity contribution in [1.82, 2.24) is 4.90 Å². The summed E-state index contributed by atoms with van der Waals surface area (Å²) in [6.07, 6.45) is 3.87. The molecule has 2 N–H and O–H groups in total. The number of nitrogens with zero attached hydrogens (tertiary/aromatic N) is 1. The van der Waals surface area contributed by atoms with Crippen LogP contribution in [0.1, 0.15) is 47.0 Å². The molecule has 1 aliphatic rings. The summed E-state index contributed by atoms with van der Waals surface area (Å²) in [5, 5.41) is 0. The van der Waals surface area contributed by atoms with Gasteiger partial charge in [-0.1, -0.05) is 27.7 Å². The maximum Gasteiger partial charge on any atom is 0.0337 e. The van der Waals surface area contributed by atoms with Gasteiger partial charge in [0, 0.05) is 12.1 Å². The molecule has 0 bridgehead atoms. The molecule has 90 valence electrons. The van der Waals surface area contributed by atoms with Gasteiger partial charge in [-0.2, -0.15) is 0 Å². The standard InChI is InChI=1S/C13H28N2/c1-5-7-15(6-2)13(10-14)8-12(9-13)11(3)4/h11-12H,5-10,14H2,1-4H3. The van der Waals surface area contributed by atoms with Crippen LogP contribution < -0.4 is 5.73 Å². The van der Waals surface area contributed by atoms with E-state index in [1.807, 2.05) is 0 Å². The molecule has 0 radical (unpaired) electrons. The average Bonchev–Trinajstić information content (AvgIpc) is 2.14. The molecular weight excluding hydrogens is 184 g/mol. The van der Waals surface area contributed by atoms with Gasteiger partial charge in [-0.15, -0.1) is 0 Å². The lowest BCUT2D eigenvalue weighted by Crippen LogP contribution is -2.62. The SMILES string of the molecule is CCCN(CC)C1(CN)CC(C(C)C)C1. The summed E-state index contributed by atoms with van der Waals surface area (Å²) in [4.78, 5) is 2.60. The molecule has 1 saturated carbocycles. The summed E-state index contributed by atoms with van der Waals surface area (Å²) >= 11 is 0. The van der Waals surface area contributed by atoms with Crippen molar-refractivity contribution in [3.63, 3.8) is 0 Å². The Hall–Kier alpha value is -0.0800. The van der Waals surface area contributed by atoms with Crippen LogP contribution in [-0.4, -0.2) is 30.1 Å². The summed E-state index contributed by atoms with van der Waals surface area (Å²) < 4.78 is 0. The maximum atomic E-state index is 6.00. The zero-order chi connectivity index (χ0) is 11.5. The highest BCUT2D eigenvalue weighted by atomic mass is 15.2. The molecule has 0 spiro atoms. The fourth-order valence-electron chi connectivity index (χ4n) is 2.94. The predicted octanol–water partition coefficient (Wildman–Crippen LogP) is 2.48. The Bertz CT molecular complexity index is 183. The Kier molecular flexibility index (Phi) is 4.60. The van der Waals surface area contributed by atoms with Crippen molar-refractivity contribution in [2.45, 2.75) is 52.5 Å². The smallest absolute Gasteiger partial charge is 0.0337 e. The molecule has 0 amide bonds. The molecule has 0 unspecified atom stereocenters. The highest BCUT2D eigenvalue weighted by molar-refractivity contribution is 5.03. The Morgan fingerprint density at radius 3 is 2.27 bits per heavy atom. The number of hydrogen-bond acceptors (Lipinski definition) is 2. The third-order valence-corrected chi connectivity index (χ3v) is 4.15. The predicted molar refractivity (Wildman–Crippen MR) is 66.9 cm³/mol. The lowest BCUT2D eigenvalue weighted by atomic mass is 9.63. The number of nitrogens with two attached hydrogens (primary N) is 1. The highest BCUT2D eigenvalue weighted by Gasteiger charge is 2.47. The lowest BCUT2D eigenvalue weighted by molar-refractivity contribution is -0.0323. The van der Waals surface area contributed by atoms with Crippen LogP contribution in [0.15, 0.2) is 0 Å². The van der Waals surface area contributed by atoms with E-state index in [0.717, 1.165) is 24.9 Å². The van der Waals surface area contributed by atoms with E-state index in [2.05, 4.69) is 32.6 Å². The molecule has 1 rings (SSSR count). The van der Waals surface area contributed by atoms with Gasteiger partial charge in [0.25, 0.3) is 0 Å². The topological polar surface area (TPSA) is 29.3 Å². The molecule has 1 aliphatic carbocycles. The minimum absolute atomic E-state index is 0.347. The van der Waals surface area contributed by atoms with Crippen LogP contribution in [-0.2, 0) is 0 Å². The van der Waals surface area contributed by atoms with Crippen molar-refractivity contribution in [2.75, 3.05) is 19.6 Å². The minimum Gasteiger partial charge on any atom is -0.329 e. The first-order valence-corrected chi connectivity index (χ1v) is 6.54. The van der Waals surface area contributed by atoms with Crippen LogP contribution in [0.2, 0.25) is 0 Å². The fourth-order valence-corrected chi connectivity index (χ4v) is 2.94. The fraction of sp³-hybridized carbons (Fsp3) is 1.00. The van der Waals surface area contributed by atoms with Crippen molar-refractivity contribution >= 4 is 0 Å². The van der Waals surface area contributed by atoms with Gasteiger partial charge in [-0.05, 0) is 44.2 Å². The van der Waals surface area contributed by atoms with Crippen molar-refractivity contribution in [2.24, 2.45) is 17.6 Å². The first-order chi connectivity index (χ1) is 7.09. The quantitative estimate of drug-likeness (QED) is 0.733. The average molecular weight is 212 g/mol. The summed E-state index contributed by atoms with van der Waals surface area (Å²) in [6, 6.07) is 0. The van der Waals surface area contributed by atoms with E-state index >= 15 is 0 Å². The third-order valence-electron chi connectivity index (χ3n) is 4.15. The molecular formula is C13H28N2. The molecule has 0 aromatic heterocycles. The number of likely N-dealkylation sites (N-methyl/N-ethyl adjacent to an activating group) is 1. The van der Waals surface area contributed by atoms with Crippen LogP contribution >= 0.6 is 0 Å². The zero-order valence-corrected chi connectivity index (χ0v) is 10.9. The second-order valence-electron chi connectivity index (χ2n) is 5.42. The summed E-state index contributed by atoms with van der Waals surface area (Å²) in [7, 11) is 0. The minimum atomic E-state index is 0.347. The van der Waals surface area contributed by atoms with Gasteiger partial charge in [0.1, 0.15) is 0 Å². The number of rotatable bonds is 6. The van der Waals surface area contributed by atoms with Gasteiger partial charge in [0.05, 0.1) is 0 Å². The van der Waals surface area contributed by atoms with Crippen LogP contribution in [0.25, 0.3) is 0 Å². The van der Waals surface area contributed by atoms with Crippen LogP contribution in [0.3, 0.4) is 0 Å². The van der Waals surface area contributed by atoms with Crippen molar-refractivity contribution < 1.29 is 0 Å². The Morgan fingerprint density at radius 2 is 1.93 bits per heavy atom. The zero-order valence-electron chi connectivity index (χ0n) is 10.9. The monoisotopic (exact) mass is 212 g/mol. The molecule has 0 saturated heterocycles. The number of hydrogen-bond donors (Lipinski definition) is 1. The second-order valence-corrected chi connectivity index (χ2v) is 5.42. The molecule has 2 heteroatoms. The molecule has 0 atom stereocenters. The van der Waals surface area contributed by atoms with Crippen molar-refractivity contribution in [3.05, 3.63) is 0 Å². The first-order valence-electron chi connectivity index (χ1n) is 6.54. The largest absolute Gasteiger partial charge is 0.329 e. The Morgan fingerprint density at radius 1 is 1.33 bits per heavy atom. The molecule has 0 heterocycles. The van der Waals surface area contributed by atoms with Crippen molar-refractivity contribution in [3.8, 4) is 0 Å². The third kappa shape index (κ3) is 2.54. The second kappa shape index (κ2) is 5.31. The summed E-state index contributed by atoms with van der Waals surface area (Å²) in [5.74, 6) is 1.73. The van der Waals surface area contributed by atoms with E-state index < -0.39 is 0 Å². The van der Waals surface area contributed by atoms with E-state index in [9.17, 15) is 0 Å².